The van der Waals surface area contributed by atoms with Crippen molar-refractivity contribution in [1.29, 1.82) is 0 Å². The van der Waals surface area contributed by atoms with Gasteiger partial charge in [0.1, 0.15) is 5.82 Å². The molecule has 1 aliphatic heterocycles. The molecule has 6 aromatic rings. The van der Waals surface area contributed by atoms with Crippen LogP contribution in [-0.4, -0.2) is 20.1 Å². The molecule has 0 unspecified atom stereocenters. The van der Waals surface area contributed by atoms with E-state index in [0.717, 1.165) is 44.9 Å². The minimum Gasteiger partial charge on any atom is -0.509 e. The summed E-state index contributed by atoms with van der Waals surface area (Å²) in [6, 6.07) is 32.3. The quantitative estimate of drug-likeness (QED) is 0.163. The molecule has 2 aliphatic carbocycles. The second kappa shape index (κ2) is 11.2. The van der Waals surface area contributed by atoms with Crippen LogP contribution in [0.25, 0.3) is 27.6 Å². The molecular weight excluding hydrogens is 762 g/mol. The fraction of sp³-hybridized carbons (Fsp3) is 0.275. The summed E-state index contributed by atoms with van der Waals surface area (Å²) in [7, 11) is 0. The first-order valence-corrected chi connectivity index (χ1v) is 16.4. The monoisotopic (exact) mass is 797 g/mol. The number of ether oxygens (including phenoxy) is 1. The van der Waals surface area contributed by atoms with Crippen molar-refractivity contribution in [1.82, 2.24) is 14.5 Å². The average Bonchev–Trinajstić information content (AvgIpc) is 3.85. The van der Waals surface area contributed by atoms with Crippen molar-refractivity contribution >= 4 is 38.9 Å². The number of fused-ring (bicyclic) bond motifs is 6. The molecule has 0 atom stereocenters. The summed E-state index contributed by atoms with van der Waals surface area (Å²) in [4.78, 5) is 14.1. The Labute approximate surface area is 290 Å². The molecule has 0 spiro atoms. The number of hydrogen-bond donors (Lipinski definition) is 0. The van der Waals surface area contributed by atoms with Gasteiger partial charge in [-0.05, 0) is 78.7 Å². The molecule has 7 heteroatoms. The number of pyridine rings is 2. The number of aromatic nitrogens is 3. The minimum absolute atomic E-state index is 0. The molecule has 0 radical (unpaired) electrons. The molecule has 47 heavy (non-hydrogen) atoms. The van der Waals surface area contributed by atoms with Gasteiger partial charge in [-0.1, -0.05) is 44.5 Å². The molecular formula is C40H36N5OPt-3. The van der Waals surface area contributed by atoms with E-state index in [2.05, 4.69) is 114 Å². The summed E-state index contributed by atoms with van der Waals surface area (Å²) in [5, 5.41) is 2.27. The number of nitrogens with zero attached hydrogens (tertiary/aromatic N) is 5. The van der Waals surface area contributed by atoms with Gasteiger partial charge in [-0.3, -0.25) is 4.98 Å². The van der Waals surface area contributed by atoms with E-state index in [1.807, 2.05) is 36.8 Å². The van der Waals surface area contributed by atoms with E-state index in [4.69, 9.17) is 9.72 Å². The Morgan fingerprint density at radius 1 is 0.872 bits per heavy atom. The Hall–Kier alpha value is -4.15. The number of rotatable bonds is 5. The fourth-order valence-electron chi connectivity index (χ4n) is 8.01. The van der Waals surface area contributed by atoms with Gasteiger partial charge >= 0.3 is 0 Å². The third-order valence-corrected chi connectivity index (χ3v) is 10.4. The first-order chi connectivity index (χ1) is 22.4. The van der Waals surface area contributed by atoms with Gasteiger partial charge in [0.05, 0.1) is 5.69 Å². The molecule has 2 saturated carbocycles. The summed E-state index contributed by atoms with van der Waals surface area (Å²) < 4.78 is 8.69. The second-order valence-corrected chi connectivity index (χ2v) is 14.2. The molecule has 3 aromatic heterocycles. The average molecular weight is 798 g/mol. The van der Waals surface area contributed by atoms with Crippen molar-refractivity contribution in [2.45, 2.75) is 63.8 Å². The number of para-hydroxylation sites is 1. The maximum Gasteiger partial charge on any atom is 0.135 e. The molecule has 9 rings (SSSR count). The Balaban J connectivity index is 0.00000324. The Morgan fingerprint density at radius 2 is 1.70 bits per heavy atom. The van der Waals surface area contributed by atoms with E-state index in [9.17, 15) is 0 Å². The van der Waals surface area contributed by atoms with Gasteiger partial charge in [-0.15, -0.1) is 41.4 Å². The SMILES string of the molecule is CC(C)(C)c1ccnc(-n2c3[c-]c(Oc4[c-]c(N5[CH-]N(C67CCC(CC6)C7)c6ccncc65)ccc4)ccc3c3ccccc32)c1.[Pt]. The van der Waals surface area contributed by atoms with Crippen molar-refractivity contribution in [2.75, 3.05) is 9.80 Å². The summed E-state index contributed by atoms with van der Waals surface area (Å²) in [5.74, 6) is 3.01. The molecule has 240 valence electrons. The fourth-order valence-corrected chi connectivity index (χ4v) is 8.01. The molecule has 0 amide bonds. The molecule has 4 heterocycles. The van der Waals surface area contributed by atoms with Gasteiger partial charge in [0, 0.05) is 67.9 Å². The normalized spacial score (nSPS) is 20.2. The Bertz CT molecular complexity index is 2120. The van der Waals surface area contributed by atoms with E-state index in [-0.39, 0.29) is 32.0 Å². The predicted molar refractivity (Wildman–Crippen MR) is 184 cm³/mol. The molecule has 3 aliphatic rings. The Kier molecular flexibility index (Phi) is 7.22. The summed E-state index contributed by atoms with van der Waals surface area (Å²) in [6.07, 6.45) is 12.2. The summed E-state index contributed by atoms with van der Waals surface area (Å²) in [5.41, 5.74) is 6.72. The van der Waals surface area contributed by atoms with E-state index >= 15 is 0 Å². The van der Waals surface area contributed by atoms with Crippen molar-refractivity contribution in [2.24, 2.45) is 5.92 Å². The third kappa shape index (κ3) is 4.95. The maximum atomic E-state index is 6.50. The van der Waals surface area contributed by atoms with Crippen LogP contribution in [0.4, 0.5) is 17.1 Å². The van der Waals surface area contributed by atoms with Gasteiger partial charge in [0.15, 0.2) is 0 Å². The molecule has 0 saturated heterocycles. The molecule has 3 aromatic carbocycles. The largest absolute Gasteiger partial charge is 0.509 e. The van der Waals surface area contributed by atoms with Crippen LogP contribution in [0.5, 0.6) is 11.5 Å². The molecule has 6 nitrogen and oxygen atoms in total. The van der Waals surface area contributed by atoms with Crippen LogP contribution in [-0.2, 0) is 26.5 Å². The Morgan fingerprint density at radius 3 is 2.51 bits per heavy atom. The standard InChI is InChI=1S/C40H36N5O.Pt/c1-39(2,3)28-15-20-42-38(21-28)45-34-10-5-4-9-32(34)33-12-11-31(23-36(33)45)46-30-8-6-7-29(22-30)43-26-44(35-16-19-41-25-37(35)43)40-17-13-27(24-40)14-18-40;/h4-12,15-16,19-21,25-27H,13-14,17-18,24H2,1-3H3;/q-3;. The van der Waals surface area contributed by atoms with E-state index < -0.39 is 0 Å². The van der Waals surface area contributed by atoms with Crippen LogP contribution in [0.2, 0.25) is 0 Å². The molecule has 2 fully saturated rings. The number of hydrogen-bond acceptors (Lipinski definition) is 5. The van der Waals surface area contributed by atoms with Crippen LogP contribution < -0.4 is 14.5 Å². The zero-order valence-electron chi connectivity index (χ0n) is 26.8. The predicted octanol–water partition coefficient (Wildman–Crippen LogP) is 9.67. The molecule has 0 N–H and O–H groups in total. The minimum atomic E-state index is 0. The summed E-state index contributed by atoms with van der Waals surface area (Å²) in [6.45, 7) is 8.95. The van der Waals surface area contributed by atoms with Crippen molar-refractivity contribution < 1.29 is 25.8 Å². The van der Waals surface area contributed by atoms with Crippen molar-refractivity contribution in [3.05, 3.63) is 116 Å². The van der Waals surface area contributed by atoms with Gasteiger partial charge in [0.25, 0.3) is 0 Å². The van der Waals surface area contributed by atoms with Crippen LogP contribution >= 0.6 is 0 Å². The van der Waals surface area contributed by atoms with Gasteiger partial charge < -0.3 is 19.1 Å². The zero-order valence-corrected chi connectivity index (χ0v) is 29.1. The topological polar surface area (TPSA) is 46.4 Å². The first kappa shape index (κ1) is 30.2. The second-order valence-electron chi connectivity index (χ2n) is 14.2. The molecule has 2 bridgehead atoms. The van der Waals surface area contributed by atoms with E-state index in [1.54, 1.807) is 0 Å². The van der Waals surface area contributed by atoms with Gasteiger partial charge in [-0.25, -0.2) is 4.98 Å². The van der Waals surface area contributed by atoms with E-state index in [1.165, 1.54) is 43.4 Å². The van der Waals surface area contributed by atoms with E-state index in [0.29, 0.717) is 11.5 Å². The van der Waals surface area contributed by atoms with Gasteiger partial charge in [-0.2, -0.15) is 18.8 Å². The third-order valence-electron chi connectivity index (χ3n) is 10.4. The van der Waals surface area contributed by atoms with Crippen LogP contribution in [0.15, 0.2) is 91.4 Å². The van der Waals surface area contributed by atoms with Crippen LogP contribution in [0.1, 0.15) is 58.4 Å². The maximum absolute atomic E-state index is 6.50. The van der Waals surface area contributed by atoms with Crippen LogP contribution in [0, 0.1) is 24.7 Å². The smallest absolute Gasteiger partial charge is 0.135 e. The van der Waals surface area contributed by atoms with Crippen molar-refractivity contribution in [3.63, 3.8) is 0 Å². The van der Waals surface area contributed by atoms with Crippen molar-refractivity contribution in [3.8, 4) is 17.3 Å². The van der Waals surface area contributed by atoms with Gasteiger partial charge in [0.2, 0.25) is 0 Å². The van der Waals surface area contributed by atoms with Crippen LogP contribution in [0.3, 0.4) is 0 Å². The summed E-state index contributed by atoms with van der Waals surface area (Å²) >= 11 is 0. The first-order valence-electron chi connectivity index (χ1n) is 16.4. The number of benzene rings is 3. The zero-order chi connectivity index (χ0) is 31.0. The number of anilines is 3.